The van der Waals surface area contributed by atoms with Crippen molar-refractivity contribution >= 4 is 16.7 Å². The van der Waals surface area contributed by atoms with Crippen molar-refractivity contribution < 1.29 is 18.5 Å². The molecular formula is C21H23NO4S. The summed E-state index contributed by atoms with van der Waals surface area (Å²) in [5, 5.41) is 1.44. The number of benzene rings is 2. The summed E-state index contributed by atoms with van der Waals surface area (Å²) in [6, 6.07) is 14.7. The number of fused-ring (bicyclic) bond motifs is 1. The average molecular weight is 385 g/mol. The fourth-order valence-corrected chi connectivity index (χ4v) is 3.53. The molecule has 0 N–H and O–H groups in total. The molecule has 5 nitrogen and oxygen atoms in total. The zero-order valence-electron chi connectivity index (χ0n) is 15.7. The lowest BCUT2D eigenvalue weighted by Gasteiger charge is -2.35. The SMILES string of the molecule is CC(C)(C)N(Cc1ccc2c(c1)OCO2)C(=O)C=CS(=O)c1ccccc1. The van der Waals surface area contributed by atoms with E-state index in [-0.39, 0.29) is 12.7 Å². The van der Waals surface area contributed by atoms with E-state index in [9.17, 15) is 9.00 Å². The molecule has 0 fully saturated rings. The van der Waals surface area contributed by atoms with Crippen molar-refractivity contribution in [3.8, 4) is 11.5 Å². The third-order valence-corrected chi connectivity index (χ3v) is 5.28. The van der Waals surface area contributed by atoms with Gasteiger partial charge in [-0.25, -0.2) is 4.21 Å². The molecule has 0 saturated carbocycles. The van der Waals surface area contributed by atoms with Gasteiger partial charge < -0.3 is 14.4 Å². The van der Waals surface area contributed by atoms with Gasteiger partial charge in [0, 0.05) is 28.5 Å². The van der Waals surface area contributed by atoms with Crippen molar-refractivity contribution in [2.45, 2.75) is 37.8 Å². The van der Waals surface area contributed by atoms with Gasteiger partial charge in [-0.15, -0.1) is 0 Å². The zero-order chi connectivity index (χ0) is 19.4. The Hall–Kier alpha value is -2.60. The lowest BCUT2D eigenvalue weighted by Crippen LogP contribution is -2.44. The fraction of sp³-hybridized carbons (Fsp3) is 0.286. The van der Waals surface area contributed by atoms with Crippen LogP contribution in [0, 0.1) is 0 Å². The largest absolute Gasteiger partial charge is 0.454 e. The quantitative estimate of drug-likeness (QED) is 0.734. The van der Waals surface area contributed by atoms with Gasteiger partial charge >= 0.3 is 0 Å². The Labute approximate surface area is 162 Å². The zero-order valence-corrected chi connectivity index (χ0v) is 16.5. The number of ether oxygens (including phenoxy) is 2. The predicted octanol–water partition coefficient (Wildman–Crippen LogP) is 3.86. The molecule has 0 spiro atoms. The second-order valence-corrected chi connectivity index (χ2v) is 8.53. The first-order valence-corrected chi connectivity index (χ1v) is 9.90. The molecule has 1 heterocycles. The van der Waals surface area contributed by atoms with E-state index in [1.54, 1.807) is 17.0 Å². The number of carbonyl (C=O) groups is 1. The second-order valence-electron chi connectivity index (χ2n) is 7.20. The van der Waals surface area contributed by atoms with Gasteiger partial charge in [-0.05, 0) is 50.6 Å². The first-order valence-electron chi connectivity index (χ1n) is 8.68. The Morgan fingerprint density at radius 3 is 2.52 bits per heavy atom. The van der Waals surface area contributed by atoms with Crippen LogP contribution in [0.2, 0.25) is 0 Å². The monoisotopic (exact) mass is 385 g/mol. The fourth-order valence-electron chi connectivity index (χ4n) is 2.71. The van der Waals surface area contributed by atoms with E-state index in [1.165, 1.54) is 11.5 Å². The van der Waals surface area contributed by atoms with E-state index >= 15 is 0 Å². The van der Waals surface area contributed by atoms with Crippen LogP contribution < -0.4 is 9.47 Å². The summed E-state index contributed by atoms with van der Waals surface area (Å²) in [6.45, 7) is 6.55. The van der Waals surface area contributed by atoms with Gasteiger partial charge in [0.2, 0.25) is 12.7 Å². The number of nitrogens with zero attached hydrogens (tertiary/aromatic N) is 1. The maximum atomic E-state index is 12.8. The van der Waals surface area contributed by atoms with E-state index < -0.39 is 16.3 Å². The molecule has 3 rings (SSSR count). The molecule has 0 aromatic heterocycles. The molecular weight excluding hydrogens is 362 g/mol. The van der Waals surface area contributed by atoms with Crippen LogP contribution in [0.1, 0.15) is 26.3 Å². The minimum Gasteiger partial charge on any atom is -0.454 e. The van der Waals surface area contributed by atoms with Gasteiger partial charge in [0.15, 0.2) is 11.5 Å². The van der Waals surface area contributed by atoms with E-state index in [2.05, 4.69) is 0 Å². The highest BCUT2D eigenvalue weighted by Crippen LogP contribution is 2.33. The van der Waals surface area contributed by atoms with Crippen molar-refractivity contribution in [1.82, 2.24) is 4.90 Å². The summed E-state index contributed by atoms with van der Waals surface area (Å²) in [4.78, 5) is 15.2. The van der Waals surface area contributed by atoms with Crippen LogP contribution in [-0.2, 0) is 22.1 Å². The first-order chi connectivity index (χ1) is 12.8. The predicted molar refractivity (Wildman–Crippen MR) is 105 cm³/mol. The smallest absolute Gasteiger partial charge is 0.247 e. The molecule has 0 bridgehead atoms. The average Bonchev–Trinajstić information content (AvgIpc) is 3.11. The standard InChI is InChI=1S/C21H23NO4S/c1-21(2,3)22(14-16-9-10-18-19(13-16)26-15-25-18)20(23)11-12-27(24)17-7-5-4-6-8-17/h4-13H,14-15H2,1-3H3. The Bertz CT molecular complexity index is 871. The molecule has 1 aliphatic rings. The Balaban J connectivity index is 1.75. The lowest BCUT2D eigenvalue weighted by molar-refractivity contribution is -0.131. The minimum absolute atomic E-state index is 0.190. The summed E-state index contributed by atoms with van der Waals surface area (Å²) in [7, 11) is -1.36. The van der Waals surface area contributed by atoms with Crippen LogP contribution in [0.3, 0.4) is 0 Å². The third-order valence-electron chi connectivity index (χ3n) is 4.16. The van der Waals surface area contributed by atoms with Crippen LogP contribution in [0.4, 0.5) is 0 Å². The van der Waals surface area contributed by atoms with Gasteiger partial charge in [-0.2, -0.15) is 0 Å². The van der Waals surface area contributed by atoms with E-state index in [4.69, 9.17) is 9.47 Å². The van der Waals surface area contributed by atoms with E-state index in [0.717, 1.165) is 5.56 Å². The summed E-state index contributed by atoms with van der Waals surface area (Å²) in [5.74, 6) is 1.21. The van der Waals surface area contributed by atoms with Crippen LogP contribution >= 0.6 is 0 Å². The van der Waals surface area contributed by atoms with Crippen molar-refractivity contribution in [3.05, 3.63) is 65.6 Å². The molecule has 2 aromatic carbocycles. The Kier molecular flexibility index (Phi) is 5.65. The molecule has 1 unspecified atom stereocenters. The van der Waals surface area contributed by atoms with Crippen molar-refractivity contribution in [3.63, 3.8) is 0 Å². The van der Waals surface area contributed by atoms with Crippen LogP contribution in [-0.4, -0.2) is 27.3 Å². The van der Waals surface area contributed by atoms with Gasteiger partial charge in [0.05, 0.1) is 10.8 Å². The van der Waals surface area contributed by atoms with Crippen molar-refractivity contribution in [2.24, 2.45) is 0 Å². The minimum atomic E-state index is -1.36. The summed E-state index contributed by atoms with van der Waals surface area (Å²) in [5.41, 5.74) is 0.548. The molecule has 0 saturated heterocycles. The number of rotatable bonds is 5. The number of carbonyl (C=O) groups excluding carboxylic acids is 1. The molecule has 142 valence electrons. The van der Waals surface area contributed by atoms with Gasteiger partial charge in [-0.1, -0.05) is 24.3 Å². The van der Waals surface area contributed by atoms with Crippen molar-refractivity contribution in [1.29, 1.82) is 0 Å². The normalized spacial score (nSPS) is 14.3. The van der Waals surface area contributed by atoms with Crippen LogP contribution in [0.5, 0.6) is 11.5 Å². The summed E-state index contributed by atoms with van der Waals surface area (Å²) < 4.78 is 23.1. The van der Waals surface area contributed by atoms with Crippen LogP contribution in [0.15, 0.2) is 64.9 Å². The first kappa shape index (κ1) is 19.2. The summed E-state index contributed by atoms with van der Waals surface area (Å²) in [6.07, 6.45) is 1.39. The highest BCUT2D eigenvalue weighted by molar-refractivity contribution is 7.88. The molecule has 1 aliphatic heterocycles. The van der Waals surface area contributed by atoms with Gasteiger partial charge in [0.25, 0.3) is 0 Å². The number of hydrogen-bond acceptors (Lipinski definition) is 4. The van der Waals surface area contributed by atoms with Gasteiger partial charge in [-0.3, -0.25) is 4.79 Å². The maximum absolute atomic E-state index is 12.8. The second kappa shape index (κ2) is 7.96. The Morgan fingerprint density at radius 1 is 1.11 bits per heavy atom. The van der Waals surface area contributed by atoms with Crippen molar-refractivity contribution in [2.75, 3.05) is 6.79 Å². The maximum Gasteiger partial charge on any atom is 0.247 e. The van der Waals surface area contributed by atoms with Gasteiger partial charge in [0.1, 0.15) is 0 Å². The molecule has 2 aromatic rings. The summed E-state index contributed by atoms with van der Waals surface area (Å²) >= 11 is 0. The highest BCUT2D eigenvalue weighted by Gasteiger charge is 2.26. The molecule has 0 aliphatic carbocycles. The van der Waals surface area contributed by atoms with Crippen LogP contribution in [0.25, 0.3) is 0 Å². The highest BCUT2D eigenvalue weighted by atomic mass is 32.2. The number of hydrogen-bond donors (Lipinski definition) is 0. The molecule has 27 heavy (non-hydrogen) atoms. The topological polar surface area (TPSA) is 55.8 Å². The molecule has 6 heteroatoms. The molecule has 1 atom stereocenters. The number of amides is 1. The third kappa shape index (κ3) is 4.77. The van der Waals surface area contributed by atoms with E-state index in [1.807, 2.05) is 57.2 Å². The molecule has 0 radical (unpaired) electrons. The molecule has 1 amide bonds. The Morgan fingerprint density at radius 2 is 1.81 bits per heavy atom. The lowest BCUT2D eigenvalue weighted by atomic mass is 10.0. The van der Waals surface area contributed by atoms with E-state index in [0.29, 0.717) is 22.9 Å².